The molecule has 1 aliphatic rings. The Morgan fingerprint density at radius 2 is 1.90 bits per heavy atom. The normalized spacial score (nSPS) is 13.9. The van der Waals surface area contributed by atoms with E-state index in [-0.39, 0.29) is 11.5 Å². The number of carbonyl (C=O) groups is 1. The molecule has 1 fully saturated rings. The van der Waals surface area contributed by atoms with Crippen molar-refractivity contribution >= 4 is 34.2 Å². The molecule has 1 amide bonds. The summed E-state index contributed by atoms with van der Waals surface area (Å²) >= 11 is 6.19. The topological polar surface area (TPSA) is 62.6 Å². The minimum absolute atomic E-state index is 0.0161. The minimum Gasteiger partial charge on any atom is -0.423 e. The molecule has 1 aromatic heterocycles. The summed E-state index contributed by atoms with van der Waals surface area (Å²) in [6.07, 6.45) is 2.05. The van der Waals surface area contributed by atoms with Gasteiger partial charge in [0.25, 0.3) is 5.91 Å². The molecule has 0 spiro atoms. The molecular formula is C25H27ClN2O3. The number of anilines is 1. The summed E-state index contributed by atoms with van der Waals surface area (Å²) in [7, 11) is 0. The predicted molar refractivity (Wildman–Crippen MR) is 125 cm³/mol. The first-order valence-electron chi connectivity index (χ1n) is 10.7. The van der Waals surface area contributed by atoms with Crippen LogP contribution in [0, 0.1) is 6.92 Å². The van der Waals surface area contributed by atoms with Crippen molar-refractivity contribution in [2.24, 2.45) is 0 Å². The highest BCUT2D eigenvalue weighted by Crippen LogP contribution is 2.28. The Bertz CT molecular complexity index is 1190. The van der Waals surface area contributed by atoms with Crippen LogP contribution in [0.1, 0.15) is 59.7 Å². The molecule has 1 saturated heterocycles. The predicted octanol–water partition coefficient (Wildman–Crippen LogP) is 5.73. The molecule has 3 aromatic rings. The number of rotatable bonds is 5. The van der Waals surface area contributed by atoms with Crippen LogP contribution in [0.4, 0.5) is 5.69 Å². The van der Waals surface area contributed by atoms with E-state index in [1.54, 1.807) is 12.1 Å². The van der Waals surface area contributed by atoms with Crippen molar-refractivity contribution in [1.82, 2.24) is 4.90 Å². The van der Waals surface area contributed by atoms with E-state index in [1.165, 1.54) is 11.6 Å². The number of hydrogen-bond acceptors (Lipinski definition) is 4. The van der Waals surface area contributed by atoms with Gasteiger partial charge in [0.2, 0.25) is 0 Å². The van der Waals surface area contributed by atoms with E-state index in [4.69, 9.17) is 16.0 Å². The second-order valence-electron chi connectivity index (χ2n) is 8.49. The summed E-state index contributed by atoms with van der Waals surface area (Å²) in [5.41, 5.74) is 4.62. The molecule has 1 aliphatic heterocycles. The lowest BCUT2D eigenvalue weighted by Gasteiger charge is -2.19. The van der Waals surface area contributed by atoms with Crippen LogP contribution < -0.4 is 10.9 Å². The number of benzene rings is 2. The molecule has 0 saturated carbocycles. The lowest BCUT2D eigenvalue weighted by Crippen LogP contribution is -2.28. The fourth-order valence-corrected chi connectivity index (χ4v) is 4.46. The third kappa shape index (κ3) is 4.47. The number of halogens is 1. The molecule has 2 heterocycles. The molecule has 5 nitrogen and oxygen atoms in total. The van der Waals surface area contributed by atoms with Gasteiger partial charge in [0.05, 0.1) is 5.56 Å². The van der Waals surface area contributed by atoms with Crippen molar-refractivity contribution < 1.29 is 9.21 Å². The highest BCUT2D eigenvalue weighted by atomic mass is 35.5. The number of nitrogens with one attached hydrogen (secondary N) is 1. The summed E-state index contributed by atoms with van der Waals surface area (Å²) in [5.74, 6) is 0.343. The minimum atomic E-state index is -0.384. The SMILES string of the molecule is Cc1cc2oc(=O)cc(CNc3ccc(Cl)cc3C(=O)N3CCCC3)c2cc1C(C)C. The Labute approximate surface area is 187 Å². The Morgan fingerprint density at radius 1 is 1.16 bits per heavy atom. The van der Waals surface area contributed by atoms with Gasteiger partial charge in [-0.15, -0.1) is 0 Å². The molecule has 4 rings (SSSR count). The van der Waals surface area contributed by atoms with Gasteiger partial charge >= 0.3 is 5.63 Å². The maximum absolute atomic E-state index is 13.0. The average molecular weight is 439 g/mol. The first-order chi connectivity index (χ1) is 14.8. The Morgan fingerprint density at radius 3 is 2.61 bits per heavy atom. The standard InChI is InChI=1S/C25H27ClN2O3/c1-15(2)19-13-20-17(11-24(29)31-23(20)10-16(19)3)14-27-22-7-6-18(26)12-21(22)25(30)28-8-4-5-9-28/h6-7,10-13,15,27H,4-5,8-9,14H2,1-3H3. The highest BCUT2D eigenvalue weighted by molar-refractivity contribution is 6.31. The van der Waals surface area contributed by atoms with E-state index in [2.05, 4.69) is 25.2 Å². The van der Waals surface area contributed by atoms with Crippen molar-refractivity contribution in [3.8, 4) is 0 Å². The fraction of sp³-hybridized carbons (Fsp3) is 0.360. The van der Waals surface area contributed by atoms with Crippen molar-refractivity contribution in [3.05, 3.63) is 74.1 Å². The number of fused-ring (bicyclic) bond motifs is 1. The van der Waals surface area contributed by atoms with Crippen LogP contribution in [-0.4, -0.2) is 23.9 Å². The van der Waals surface area contributed by atoms with Crippen LogP contribution in [0.15, 0.2) is 45.6 Å². The van der Waals surface area contributed by atoms with Gasteiger partial charge in [-0.05, 0) is 72.7 Å². The molecule has 0 unspecified atom stereocenters. The summed E-state index contributed by atoms with van der Waals surface area (Å²) in [6.45, 7) is 8.26. The second kappa shape index (κ2) is 8.75. The smallest absolute Gasteiger partial charge is 0.336 e. The lowest BCUT2D eigenvalue weighted by molar-refractivity contribution is 0.0793. The molecule has 0 atom stereocenters. The Kier molecular flexibility index (Phi) is 6.05. The molecule has 2 aromatic carbocycles. The van der Waals surface area contributed by atoms with Crippen molar-refractivity contribution in [1.29, 1.82) is 0 Å². The summed E-state index contributed by atoms with van der Waals surface area (Å²) in [4.78, 5) is 27.0. The van der Waals surface area contributed by atoms with Crippen LogP contribution in [0.5, 0.6) is 0 Å². The van der Waals surface area contributed by atoms with Gasteiger partial charge in [-0.3, -0.25) is 4.79 Å². The van der Waals surface area contributed by atoms with Crippen LogP contribution in [0.25, 0.3) is 11.0 Å². The van der Waals surface area contributed by atoms with Crippen molar-refractivity contribution in [2.75, 3.05) is 18.4 Å². The maximum atomic E-state index is 13.0. The number of aryl methyl sites for hydroxylation is 1. The monoisotopic (exact) mass is 438 g/mol. The fourth-order valence-electron chi connectivity index (χ4n) is 4.29. The summed E-state index contributed by atoms with van der Waals surface area (Å²) in [6, 6.07) is 10.9. The van der Waals surface area contributed by atoms with Gasteiger partial charge in [-0.2, -0.15) is 0 Å². The van der Waals surface area contributed by atoms with Gasteiger partial charge in [0.1, 0.15) is 5.58 Å². The van der Waals surface area contributed by atoms with Gasteiger partial charge < -0.3 is 14.6 Å². The van der Waals surface area contributed by atoms with Crippen LogP contribution in [-0.2, 0) is 6.54 Å². The third-order valence-corrected chi connectivity index (χ3v) is 6.15. The maximum Gasteiger partial charge on any atom is 0.336 e. The molecule has 6 heteroatoms. The molecule has 0 radical (unpaired) electrons. The largest absolute Gasteiger partial charge is 0.423 e. The van der Waals surface area contributed by atoms with E-state index in [9.17, 15) is 9.59 Å². The Balaban J connectivity index is 1.69. The van der Waals surface area contributed by atoms with Gasteiger partial charge in [0, 0.05) is 41.8 Å². The molecular weight excluding hydrogens is 412 g/mol. The first-order valence-corrected chi connectivity index (χ1v) is 11.1. The number of likely N-dealkylation sites (tertiary alicyclic amines) is 1. The van der Waals surface area contributed by atoms with E-state index in [1.807, 2.05) is 24.0 Å². The van der Waals surface area contributed by atoms with Gasteiger partial charge in [-0.25, -0.2) is 4.79 Å². The van der Waals surface area contributed by atoms with E-state index < -0.39 is 0 Å². The van der Waals surface area contributed by atoms with E-state index >= 15 is 0 Å². The average Bonchev–Trinajstić information content (AvgIpc) is 3.26. The molecule has 31 heavy (non-hydrogen) atoms. The lowest BCUT2D eigenvalue weighted by atomic mass is 9.95. The zero-order chi connectivity index (χ0) is 22.1. The number of nitrogens with zero attached hydrogens (tertiary/aromatic N) is 1. The first kappa shape index (κ1) is 21.4. The van der Waals surface area contributed by atoms with E-state index in [0.29, 0.717) is 34.3 Å². The van der Waals surface area contributed by atoms with E-state index in [0.717, 1.165) is 42.4 Å². The molecule has 162 valence electrons. The summed E-state index contributed by atoms with van der Waals surface area (Å²) in [5, 5.41) is 4.79. The molecule has 0 aliphatic carbocycles. The zero-order valence-corrected chi connectivity index (χ0v) is 18.9. The number of amides is 1. The second-order valence-corrected chi connectivity index (χ2v) is 8.93. The molecule has 1 N–H and O–H groups in total. The Hall–Kier alpha value is -2.79. The summed E-state index contributed by atoms with van der Waals surface area (Å²) < 4.78 is 5.45. The van der Waals surface area contributed by atoms with Crippen LogP contribution in [0.3, 0.4) is 0 Å². The van der Waals surface area contributed by atoms with Gasteiger partial charge in [0.15, 0.2) is 0 Å². The van der Waals surface area contributed by atoms with Gasteiger partial charge in [-0.1, -0.05) is 25.4 Å². The highest BCUT2D eigenvalue weighted by Gasteiger charge is 2.22. The quantitative estimate of drug-likeness (QED) is 0.517. The van der Waals surface area contributed by atoms with Crippen LogP contribution in [0.2, 0.25) is 5.02 Å². The number of carbonyl (C=O) groups excluding carboxylic acids is 1. The zero-order valence-electron chi connectivity index (χ0n) is 18.1. The number of hydrogen-bond donors (Lipinski definition) is 1. The van der Waals surface area contributed by atoms with Crippen molar-refractivity contribution in [2.45, 2.75) is 46.1 Å². The third-order valence-electron chi connectivity index (χ3n) is 5.91. The van der Waals surface area contributed by atoms with Crippen LogP contribution >= 0.6 is 11.6 Å². The molecule has 0 bridgehead atoms. The van der Waals surface area contributed by atoms with Crippen molar-refractivity contribution in [3.63, 3.8) is 0 Å².